The number of para-hydroxylation sites is 1. The van der Waals surface area contributed by atoms with Gasteiger partial charge >= 0.3 is 0 Å². The lowest BCUT2D eigenvalue weighted by Gasteiger charge is -2.33. The maximum atomic E-state index is 13.5. The summed E-state index contributed by atoms with van der Waals surface area (Å²) in [5, 5.41) is 3.77. The number of nitrogens with zero attached hydrogens (tertiary/aromatic N) is 1. The largest absolute Gasteiger partial charge is 0.496 e. The van der Waals surface area contributed by atoms with Crippen LogP contribution >= 0.6 is 11.3 Å². The normalized spacial score (nSPS) is 15.4. The van der Waals surface area contributed by atoms with Crippen molar-refractivity contribution in [3.8, 4) is 17.2 Å². The van der Waals surface area contributed by atoms with Gasteiger partial charge in [0.05, 0.1) is 26.9 Å². The van der Waals surface area contributed by atoms with Gasteiger partial charge in [-0.05, 0) is 54.4 Å². The molecule has 1 atom stereocenters. The van der Waals surface area contributed by atoms with Crippen molar-refractivity contribution in [2.45, 2.75) is 40.0 Å². The van der Waals surface area contributed by atoms with E-state index in [4.69, 9.17) is 19.2 Å². The van der Waals surface area contributed by atoms with E-state index in [9.17, 15) is 4.79 Å². The van der Waals surface area contributed by atoms with Crippen LogP contribution < -0.4 is 19.5 Å². The van der Waals surface area contributed by atoms with Crippen molar-refractivity contribution in [2.24, 2.45) is 16.3 Å². The van der Waals surface area contributed by atoms with E-state index >= 15 is 0 Å². The van der Waals surface area contributed by atoms with Crippen LogP contribution in [0.1, 0.15) is 53.6 Å². The number of anilines is 1. The number of nitrogens with one attached hydrogen (secondary N) is 1. The van der Waals surface area contributed by atoms with Crippen molar-refractivity contribution in [2.75, 3.05) is 26.6 Å². The number of aliphatic imine (C=N–C) groups is 1. The van der Waals surface area contributed by atoms with Gasteiger partial charge in [0, 0.05) is 28.4 Å². The number of ether oxygens (including phenoxy) is 3. The van der Waals surface area contributed by atoms with Crippen LogP contribution in [0.25, 0.3) is 0 Å². The Labute approximate surface area is 217 Å². The Morgan fingerprint density at radius 2 is 1.69 bits per heavy atom. The summed E-state index contributed by atoms with van der Waals surface area (Å²) in [6.45, 7) is 6.88. The molecule has 190 valence electrons. The third kappa shape index (κ3) is 5.41. The minimum Gasteiger partial charge on any atom is -0.496 e. The molecule has 36 heavy (non-hydrogen) atoms. The van der Waals surface area contributed by atoms with Gasteiger partial charge in [-0.15, -0.1) is 11.3 Å². The molecule has 0 fully saturated rings. The molecule has 0 saturated carbocycles. The molecule has 4 rings (SSSR count). The quantitative estimate of drug-likeness (QED) is 0.353. The first-order valence-electron chi connectivity index (χ1n) is 12.1. The van der Waals surface area contributed by atoms with Crippen molar-refractivity contribution >= 4 is 34.1 Å². The number of hydrogen-bond donors (Lipinski definition) is 1. The number of hydrogen-bond acceptors (Lipinski definition) is 6. The van der Waals surface area contributed by atoms with Crippen LogP contribution in [0.4, 0.5) is 10.7 Å². The number of carbonyl (C=O) groups excluding carboxylic acids is 1. The van der Waals surface area contributed by atoms with Crippen LogP contribution in [0.3, 0.4) is 0 Å². The van der Waals surface area contributed by atoms with Gasteiger partial charge in [-0.25, -0.2) is 4.99 Å². The average molecular weight is 507 g/mol. The van der Waals surface area contributed by atoms with Crippen molar-refractivity contribution in [1.82, 2.24) is 0 Å². The molecule has 0 radical (unpaired) electrons. The number of carbonyl (C=O) groups is 1. The van der Waals surface area contributed by atoms with E-state index in [0.29, 0.717) is 33.7 Å². The number of amides is 1. The van der Waals surface area contributed by atoms with Gasteiger partial charge in [0.25, 0.3) is 5.91 Å². The summed E-state index contributed by atoms with van der Waals surface area (Å²) >= 11 is 1.62. The van der Waals surface area contributed by atoms with Gasteiger partial charge in [0.15, 0.2) is 11.5 Å². The van der Waals surface area contributed by atoms with Gasteiger partial charge in [0.1, 0.15) is 10.8 Å². The lowest BCUT2D eigenvalue weighted by Crippen LogP contribution is -2.27. The van der Waals surface area contributed by atoms with Crippen LogP contribution in [-0.4, -0.2) is 33.5 Å². The van der Waals surface area contributed by atoms with Gasteiger partial charge in [-0.3, -0.25) is 4.79 Å². The monoisotopic (exact) mass is 506 g/mol. The highest BCUT2D eigenvalue weighted by Gasteiger charge is 2.33. The molecular formula is C29H34N2O4S. The molecule has 0 bridgehead atoms. The Kier molecular flexibility index (Phi) is 7.69. The zero-order chi connectivity index (χ0) is 25.9. The first kappa shape index (κ1) is 25.8. The Morgan fingerprint density at radius 3 is 2.33 bits per heavy atom. The van der Waals surface area contributed by atoms with Gasteiger partial charge < -0.3 is 19.5 Å². The van der Waals surface area contributed by atoms with Crippen LogP contribution in [0.15, 0.2) is 47.5 Å². The molecule has 2 aromatic carbocycles. The van der Waals surface area contributed by atoms with Crippen LogP contribution in [-0.2, 0) is 12.8 Å². The molecule has 1 aliphatic carbocycles. The summed E-state index contributed by atoms with van der Waals surface area (Å²) < 4.78 is 16.4. The number of benzene rings is 2. The molecule has 1 aromatic heterocycles. The zero-order valence-electron chi connectivity index (χ0n) is 21.8. The molecule has 1 amide bonds. The number of fused-ring (bicyclic) bond motifs is 1. The minimum atomic E-state index is -0.126. The zero-order valence-corrected chi connectivity index (χ0v) is 22.6. The average Bonchev–Trinajstić information content (AvgIpc) is 3.24. The molecule has 1 N–H and O–H groups in total. The standard InChI is InChI=1S/C29H34N2O4S/c1-29(2,3)19-12-13-21-25(15-19)36-28(26(21)27(32)31-20-10-8-7-9-11-20)30-17-18-14-23(34-5)24(35-6)16-22(18)33-4/h7-11,14,16-17,19H,12-13,15H2,1-6H3,(H,31,32). The van der Waals surface area contributed by atoms with Crippen molar-refractivity contribution in [3.05, 3.63) is 64.0 Å². The summed E-state index contributed by atoms with van der Waals surface area (Å²) in [6.07, 6.45) is 4.63. The second kappa shape index (κ2) is 10.7. The highest BCUT2D eigenvalue weighted by molar-refractivity contribution is 7.16. The molecule has 7 heteroatoms. The molecular weight excluding hydrogens is 472 g/mol. The minimum absolute atomic E-state index is 0.126. The van der Waals surface area contributed by atoms with Crippen molar-refractivity contribution in [1.29, 1.82) is 0 Å². The first-order valence-corrected chi connectivity index (χ1v) is 12.9. The van der Waals surface area contributed by atoms with Crippen LogP contribution in [0.2, 0.25) is 0 Å². The molecule has 3 aromatic rings. The lowest BCUT2D eigenvalue weighted by molar-refractivity contribution is 0.102. The highest BCUT2D eigenvalue weighted by atomic mass is 32.1. The topological polar surface area (TPSA) is 69.1 Å². The van der Waals surface area contributed by atoms with E-state index in [1.165, 1.54) is 4.88 Å². The first-order chi connectivity index (χ1) is 17.2. The van der Waals surface area contributed by atoms with Gasteiger partial charge in [-0.1, -0.05) is 39.0 Å². The van der Waals surface area contributed by atoms with E-state index in [2.05, 4.69) is 26.1 Å². The van der Waals surface area contributed by atoms with E-state index in [-0.39, 0.29) is 11.3 Å². The molecule has 6 nitrogen and oxygen atoms in total. The maximum Gasteiger partial charge on any atom is 0.259 e. The third-order valence-corrected chi connectivity index (χ3v) is 7.95. The third-order valence-electron chi connectivity index (χ3n) is 6.79. The van der Waals surface area contributed by atoms with E-state index < -0.39 is 0 Å². The molecule has 0 saturated heterocycles. The van der Waals surface area contributed by atoms with Crippen molar-refractivity contribution in [3.63, 3.8) is 0 Å². The predicted molar refractivity (Wildman–Crippen MR) is 147 cm³/mol. The van der Waals surface area contributed by atoms with Crippen molar-refractivity contribution < 1.29 is 19.0 Å². The maximum absolute atomic E-state index is 13.5. The van der Waals surface area contributed by atoms with E-state index in [1.807, 2.05) is 36.4 Å². The summed E-state index contributed by atoms with van der Waals surface area (Å²) in [6, 6.07) is 13.1. The fourth-order valence-corrected chi connectivity index (χ4v) is 5.90. The summed E-state index contributed by atoms with van der Waals surface area (Å²) in [5.74, 6) is 2.21. The smallest absolute Gasteiger partial charge is 0.259 e. The number of rotatable bonds is 7. The molecule has 0 aliphatic heterocycles. The molecule has 0 spiro atoms. The fourth-order valence-electron chi connectivity index (χ4n) is 4.63. The van der Waals surface area contributed by atoms with Crippen LogP contribution in [0, 0.1) is 11.3 Å². The van der Waals surface area contributed by atoms with E-state index in [0.717, 1.165) is 36.1 Å². The Hall–Kier alpha value is -3.32. The summed E-state index contributed by atoms with van der Waals surface area (Å²) in [4.78, 5) is 19.6. The number of thiophene rings is 1. The van der Waals surface area contributed by atoms with Gasteiger partial charge in [0.2, 0.25) is 0 Å². The Balaban J connectivity index is 1.75. The SMILES string of the molecule is COc1cc(OC)c(OC)cc1C=Nc1sc2c(c1C(=O)Nc1ccccc1)CCC(C(C)(C)C)C2. The lowest BCUT2D eigenvalue weighted by atomic mass is 9.72. The molecule has 1 aliphatic rings. The Morgan fingerprint density at radius 1 is 1.03 bits per heavy atom. The Bertz CT molecular complexity index is 1260. The summed E-state index contributed by atoms with van der Waals surface area (Å²) in [7, 11) is 4.79. The van der Waals surface area contributed by atoms with Crippen LogP contribution in [0.5, 0.6) is 17.2 Å². The second-order valence-electron chi connectivity index (χ2n) is 10.0. The molecule has 1 unspecified atom stereocenters. The number of methoxy groups -OCH3 is 3. The highest BCUT2D eigenvalue weighted by Crippen LogP contribution is 2.45. The molecule has 1 heterocycles. The summed E-state index contributed by atoms with van der Waals surface area (Å²) in [5.41, 5.74) is 3.51. The predicted octanol–water partition coefficient (Wildman–Crippen LogP) is 6.93. The second-order valence-corrected chi connectivity index (χ2v) is 11.1. The van der Waals surface area contributed by atoms with Gasteiger partial charge in [-0.2, -0.15) is 0 Å². The van der Waals surface area contributed by atoms with E-state index in [1.54, 1.807) is 44.9 Å². The fraction of sp³-hybridized carbons (Fsp3) is 0.379.